The summed E-state index contributed by atoms with van der Waals surface area (Å²) in [6.07, 6.45) is 1.45. The lowest BCUT2D eigenvalue weighted by molar-refractivity contribution is 0.102. The summed E-state index contributed by atoms with van der Waals surface area (Å²) in [5.74, 6) is -0.762. The van der Waals surface area contributed by atoms with E-state index in [-0.39, 0.29) is 21.8 Å². The predicted octanol–water partition coefficient (Wildman–Crippen LogP) is 4.67. The van der Waals surface area contributed by atoms with Crippen LogP contribution in [0.4, 0.5) is 10.1 Å². The van der Waals surface area contributed by atoms with Crippen molar-refractivity contribution in [2.75, 3.05) is 5.32 Å². The predicted molar refractivity (Wildman–Crippen MR) is 94.4 cm³/mol. The zero-order chi connectivity index (χ0) is 16.9. The van der Waals surface area contributed by atoms with E-state index in [0.29, 0.717) is 16.3 Å². The van der Waals surface area contributed by atoms with Crippen molar-refractivity contribution in [2.45, 2.75) is 0 Å². The number of hydrogen-bond acceptors (Lipinski definition) is 4. The average Bonchev–Trinajstić information content (AvgIpc) is 3.08. The molecule has 0 saturated carbocycles. The number of hydrogen-bond donors (Lipinski definition) is 1. The lowest BCUT2D eigenvalue weighted by atomic mass is 10.2. The van der Waals surface area contributed by atoms with Crippen LogP contribution in [-0.2, 0) is 0 Å². The van der Waals surface area contributed by atoms with Gasteiger partial charge in [0.05, 0.1) is 5.03 Å². The number of para-hydroxylation sites is 1. The van der Waals surface area contributed by atoms with E-state index in [1.165, 1.54) is 12.1 Å². The number of nitrogens with one attached hydrogen (secondary N) is 1. The Labute approximate surface area is 146 Å². The van der Waals surface area contributed by atoms with Crippen molar-refractivity contribution in [1.82, 2.24) is 10.2 Å². The lowest BCUT2D eigenvalue weighted by Gasteiger charge is -2.00. The summed E-state index contributed by atoms with van der Waals surface area (Å²) in [5.41, 5.74) is 1.00. The van der Waals surface area contributed by atoms with Crippen LogP contribution in [0.1, 0.15) is 20.4 Å². The molecule has 0 radical (unpaired) electrons. The Morgan fingerprint density at radius 3 is 2.46 bits per heavy atom. The molecule has 0 bridgehead atoms. The van der Waals surface area contributed by atoms with Gasteiger partial charge < -0.3 is 5.32 Å². The maximum atomic E-state index is 13.6. The molecule has 24 heavy (non-hydrogen) atoms. The molecule has 0 spiro atoms. The first-order valence-corrected chi connectivity index (χ1v) is 8.15. The van der Waals surface area contributed by atoms with E-state index in [0.717, 1.165) is 11.3 Å². The fraction of sp³-hybridized carbons (Fsp3) is 0. The van der Waals surface area contributed by atoms with Crippen molar-refractivity contribution in [3.63, 3.8) is 0 Å². The number of anilines is 1. The van der Waals surface area contributed by atoms with E-state index in [1.54, 1.807) is 30.3 Å². The Morgan fingerprint density at radius 2 is 1.71 bits per heavy atom. The highest BCUT2D eigenvalue weighted by molar-refractivity contribution is 7.15. The molecule has 0 aliphatic heterocycles. The van der Waals surface area contributed by atoms with Crippen LogP contribution in [0.25, 0.3) is 11.1 Å². The molecule has 0 aliphatic rings. The molecular weight excluding hydrogens is 349 g/mol. The second kappa shape index (κ2) is 7.33. The van der Waals surface area contributed by atoms with Crippen LogP contribution in [0, 0.1) is 5.82 Å². The van der Waals surface area contributed by atoms with Gasteiger partial charge in [0.2, 0.25) is 5.01 Å². The lowest BCUT2D eigenvalue weighted by Crippen LogP contribution is -2.11. The van der Waals surface area contributed by atoms with Crippen LogP contribution in [0.2, 0.25) is 0 Å². The molecule has 0 aliphatic carbocycles. The molecule has 7 heteroatoms. The summed E-state index contributed by atoms with van der Waals surface area (Å²) in [5, 5.41) is 11.2. The minimum Gasteiger partial charge on any atom is -0.320 e. The van der Waals surface area contributed by atoms with Crippen LogP contribution < -0.4 is 5.32 Å². The van der Waals surface area contributed by atoms with E-state index in [9.17, 15) is 9.18 Å². The van der Waals surface area contributed by atoms with Crippen LogP contribution >= 0.6 is 22.9 Å². The van der Waals surface area contributed by atoms with E-state index in [4.69, 9.17) is 11.6 Å². The third-order valence-corrected chi connectivity index (χ3v) is 4.40. The zero-order valence-electron chi connectivity index (χ0n) is 12.2. The van der Waals surface area contributed by atoms with Gasteiger partial charge in [0.1, 0.15) is 5.82 Å². The van der Waals surface area contributed by atoms with Gasteiger partial charge in [-0.15, -0.1) is 10.2 Å². The molecule has 0 atom stereocenters. The monoisotopic (exact) mass is 359 g/mol. The first kappa shape index (κ1) is 16.3. The zero-order valence-corrected chi connectivity index (χ0v) is 13.8. The maximum absolute atomic E-state index is 13.6. The summed E-state index contributed by atoms with van der Waals surface area (Å²) < 4.78 is 13.6. The molecule has 2 aromatic carbocycles. The van der Waals surface area contributed by atoms with E-state index in [2.05, 4.69) is 15.5 Å². The van der Waals surface area contributed by atoms with Gasteiger partial charge in [-0.1, -0.05) is 59.3 Å². The standard InChI is InChI=1S/C17H11ClFN3OS/c18-13(10-11-6-4-5-9-14(11)19)16-21-22-17(24-16)15(23)20-12-7-2-1-3-8-12/h1-10H,(H,20,23)/b13-10-. The second-order valence-corrected chi connectivity index (χ2v) is 6.13. The van der Waals surface area contributed by atoms with Gasteiger partial charge in [-0.05, 0) is 24.3 Å². The summed E-state index contributed by atoms with van der Waals surface area (Å²) in [4.78, 5) is 12.1. The highest BCUT2D eigenvalue weighted by atomic mass is 35.5. The van der Waals surface area contributed by atoms with Crippen LogP contribution in [-0.4, -0.2) is 16.1 Å². The van der Waals surface area contributed by atoms with Crippen molar-refractivity contribution in [2.24, 2.45) is 0 Å². The first-order valence-electron chi connectivity index (χ1n) is 6.95. The molecule has 0 saturated heterocycles. The first-order chi connectivity index (χ1) is 11.6. The molecule has 1 amide bonds. The highest BCUT2D eigenvalue weighted by Crippen LogP contribution is 2.26. The second-order valence-electron chi connectivity index (χ2n) is 4.75. The fourth-order valence-electron chi connectivity index (χ4n) is 1.91. The smallest absolute Gasteiger partial charge is 0.286 e. The number of carbonyl (C=O) groups is 1. The molecule has 1 heterocycles. The van der Waals surface area contributed by atoms with Crippen molar-refractivity contribution < 1.29 is 9.18 Å². The molecule has 0 unspecified atom stereocenters. The van der Waals surface area contributed by atoms with Gasteiger partial charge in [-0.25, -0.2) is 4.39 Å². The Kier molecular flexibility index (Phi) is 4.98. The van der Waals surface area contributed by atoms with E-state index >= 15 is 0 Å². The van der Waals surface area contributed by atoms with Gasteiger partial charge in [0.15, 0.2) is 5.01 Å². The van der Waals surface area contributed by atoms with Gasteiger partial charge in [-0.3, -0.25) is 4.79 Å². The van der Waals surface area contributed by atoms with Crippen molar-refractivity contribution in [1.29, 1.82) is 0 Å². The van der Waals surface area contributed by atoms with Crippen LogP contribution in [0.5, 0.6) is 0 Å². The third-order valence-electron chi connectivity index (χ3n) is 3.04. The van der Waals surface area contributed by atoms with E-state index in [1.807, 2.05) is 18.2 Å². The minimum atomic E-state index is -0.387. The third kappa shape index (κ3) is 3.84. The molecule has 1 aromatic heterocycles. The molecule has 1 N–H and O–H groups in total. The molecule has 0 fully saturated rings. The Morgan fingerprint density at radius 1 is 1.04 bits per heavy atom. The van der Waals surface area contributed by atoms with Gasteiger partial charge in [0.25, 0.3) is 5.91 Å². The summed E-state index contributed by atoms with van der Waals surface area (Å²) >= 11 is 7.20. The average molecular weight is 360 g/mol. The van der Waals surface area contributed by atoms with Crippen molar-refractivity contribution in [3.05, 3.63) is 76.0 Å². The van der Waals surface area contributed by atoms with Crippen molar-refractivity contribution >= 4 is 45.6 Å². The minimum absolute atomic E-state index is 0.175. The number of aromatic nitrogens is 2. The normalized spacial score (nSPS) is 11.3. The fourth-order valence-corrected chi connectivity index (χ4v) is 2.83. The number of amides is 1. The largest absolute Gasteiger partial charge is 0.320 e. The van der Waals surface area contributed by atoms with Crippen molar-refractivity contribution in [3.8, 4) is 0 Å². The van der Waals surface area contributed by atoms with Crippen LogP contribution in [0.15, 0.2) is 54.6 Å². The van der Waals surface area contributed by atoms with Gasteiger partial charge >= 0.3 is 0 Å². The number of halogens is 2. The summed E-state index contributed by atoms with van der Waals surface area (Å²) in [7, 11) is 0. The highest BCUT2D eigenvalue weighted by Gasteiger charge is 2.15. The van der Waals surface area contributed by atoms with Gasteiger partial charge in [0, 0.05) is 11.3 Å². The van der Waals surface area contributed by atoms with Crippen LogP contribution in [0.3, 0.4) is 0 Å². The topological polar surface area (TPSA) is 54.9 Å². The number of carbonyl (C=O) groups excluding carboxylic acids is 1. The Bertz CT molecular complexity index is 896. The SMILES string of the molecule is O=C(Nc1ccccc1)c1nnc(/C(Cl)=C/c2ccccc2F)s1. The maximum Gasteiger partial charge on any atom is 0.286 e. The molecular formula is C17H11ClFN3OS. The summed E-state index contributed by atoms with van der Waals surface area (Å²) in [6.45, 7) is 0. The van der Waals surface area contributed by atoms with E-state index < -0.39 is 0 Å². The molecule has 3 aromatic rings. The number of benzene rings is 2. The van der Waals surface area contributed by atoms with Gasteiger partial charge in [-0.2, -0.15) is 0 Å². The number of rotatable bonds is 4. The quantitative estimate of drug-likeness (QED) is 0.736. The Hall–Kier alpha value is -2.57. The molecule has 120 valence electrons. The Balaban J connectivity index is 1.78. The molecule has 4 nitrogen and oxygen atoms in total. The summed E-state index contributed by atoms with van der Waals surface area (Å²) in [6, 6.07) is 15.3. The number of nitrogens with zero attached hydrogens (tertiary/aromatic N) is 2. The molecule has 3 rings (SSSR count).